The van der Waals surface area contributed by atoms with Crippen LogP contribution in [0.15, 0.2) is 12.2 Å². The molecule has 12 nitrogen and oxygen atoms in total. The summed E-state index contributed by atoms with van der Waals surface area (Å²) in [4.78, 5) is 45.7. The molecule has 0 aliphatic heterocycles. The van der Waals surface area contributed by atoms with Gasteiger partial charge in [-0.1, -0.05) is 38.4 Å². The van der Waals surface area contributed by atoms with E-state index in [4.69, 9.17) is 28.4 Å². The highest BCUT2D eigenvalue weighted by Crippen LogP contribution is 2.35. The Kier molecular flexibility index (Phi) is 26.5. The lowest BCUT2D eigenvalue weighted by Crippen LogP contribution is -2.40. The molecule has 0 aliphatic rings. The second kappa shape index (κ2) is 24.8. The molecule has 0 amide bonds. The third-order valence-corrected chi connectivity index (χ3v) is 5.60. The number of rotatable bonds is 18. The average Bonchev–Trinajstić information content (AvgIpc) is 2.88. The normalized spacial score (nSPS) is 12.3. The summed E-state index contributed by atoms with van der Waals surface area (Å²) < 4.78 is 37.2. The van der Waals surface area contributed by atoms with Gasteiger partial charge in [0.05, 0.1) is 31.8 Å². The fourth-order valence-electron chi connectivity index (χ4n) is 2.49. The molecule has 42 heavy (non-hydrogen) atoms. The summed E-state index contributed by atoms with van der Waals surface area (Å²) in [6.07, 6.45) is 0.248. The molecule has 0 heterocycles. The number of methoxy groups -OCH3 is 4. The Morgan fingerprint density at radius 3 is 1.24 bits per heavy atom. The predicted octanol–water partition coefficient (Wildman–Crippen LogP) is 4.04. The van der Waals surface area contributed by atoms with Crippen molar-refractivity contribution in [3.05, 3.63) is 12.2 Å². The zero-order valence-corrected chi connectivity index (χ0v) is 29.9. The van der Waals surface area contributed by atoms with E-state index in [1.54, 1.807) is 55.8 Å². The Bertz CT molecular complexity index is 760. The van der Waals surface area contributed by atoms with Crippen LogP contribution in [0.25, 0.3) is 0 Å². The van der Waals surface area contributed by atoms with Crippen LogP contribution in [0.5, 0.6) is 0 Å². The van der Waals surface area contributed by atoms with E-state index in [-0.39, 0.29) is 37.5 Å². The van der Waals surface area contributed by atoms with Crippen LogP contribution in [-0.2, 0) is 57.1 Å². The van der Waals surface area contributed by atoms with Gasteiger partial charge in [0.1, 0.15) is 35.1 Å². The number of esters is 4. The third-order valence-electron chi connectivity index (χ3n) is 4.67. The van der Waals surface area contributed by atoms with Crippen molar-refractivity contribution < 1.29 is 57.1 Å². The molecule has 0 rings (SSSR count). The van der Waals surface area contributed by atoms with Gasteiger partial charge in [0, 0.05) is 34.0 Å². The summed E-state index contributed by atoms with van der Waals surface area (Å²) in [5, 5.41) is 0. The summed E-state index contributed by atoms with van der Waals surface area (Å²) in [5.74, 6) is -1.45. The predicted molar refractivity (Wildman–Crippen MR) is 165 cm³/mol. The van der Waals surface area contributed by atoms with Crippen LogP contribution in [0, 0.1) is 5.41 Å². The van der Waals surface area contributed by atoms with E-state index in [0.717, 1.165) is 0 Å². The second-order valence-electron chi connectivity index (χ2n) is 10.0. The summed E-state index contributed by atoms with van der Waals surface area (Å²) in [7, 11) is 6.17. The lowest BCUT2D eigenvalue weighted by molar-refractivity contribution is -0.157. The van der Waals surface area contributed by atoms with Gasteiger partial charge in [-0.05, 0) is 48.0 Å². The highest BCUT2D eigenvalue weighted by Gasteiger charge is 2.42. The highest BCUT2D eigenvalue weighted by atomic mass is 79.9. The number of halogens is 2. The van der Waals surface area contributed by atoms with Crippen LogP contribution in [0.1, 0.15) is 48.0 Å². The first kappa shape index (κ1) is 44.9. The average molecular weight is 739 g/mol. The molecule has 0 saturated heterocycles. The quantitative estimate of drug-likeness (QED) is 0.0659. The first-order valence-electron chi connectivity index (χ1n) is 13.0. The van der Waals surface area contributed by atoms with Crippen LogP contribution >= 0.6 is 31.9 Å². The van der Waals surface area contributed by atoms with E-state index in [0.29, 0.717) is 45.2 Å². The topological polar surface area (TPSA) is 142 Å². The molecule has 1 atom stereocenters. The summed E-state index contributed by atoms with van der Waals surface area (Å²) in [6, 6.07) is 0. The van der Waals surface area contributed by atoms with E-state index in [1.165, 1.54) is 14.2 Å². The molecule has 248 valence electrons. The van der Waals surface area contributed by atoms with Gasteiger partial charge < -0.3 is 37.9 Å². The van der Waals surface area contributed by atoms with Gasteiger partial charge in [-0.15, -0.1) is 0 Å². The van der Waals surface area contributed by atoms with E-state index >= 15 is 0 Å². The van der Waals surface area contributed by atoms with Gasteiger partial charge in [0.2, 0.25) is 0 Å². The molecule has 1 unspecified atom stereocenters. The number of hydrogen-bond acceptors (Lipinski definition) is 12. The van der Waals surface area contributed by atoms with E-state index in [1.807, 2.05) is 0 Å². The van der Waals surface area contributed by atoms with Gasteiger partial charge in [0.15, 0.2) is 0 Å². The third kappa shape index (κ3) is 25.0. The minimum absolute atomic E-state index is 0.176. The van der Waals surface area contributed by atoms with Crippen molar-refractivity contribution >= 4 is 55.7 Å². The first-order chi connectivity index (χ1) is 19.3. The van der Waals surface area contributed by atoms with Crippen LogP contribution < -0.4 is 0 Å². The molecule has 0 bridgehead atoms. The van der Waals surface area contributed by atoms with Crippen molar-refractivity contribution in [2.24, 2.45) is 5.41 Å². The number of carbonyl (C=O) groups is 4. The molecule has 14 heteroatoms. The molecule has 0 fully saturated rings. The lowest BCUT2D eigenvalue weighted by Gasteiger charge is -2.30. The van der Waals surface area contributed by atoms with Gasteiger partial charge >= 0.3 is 23.9 Å². The van der Waals surface area contributed by atoms with Gasteiger partial charge in [-0.3, -0.25) is 14.4 Å². The molecule has 0 aromatic rings. The molecule has 0 radical (unpaired) electrons. The summed E-state index contributed by atoms with van der Waals surface area (Å²) >= 11 is 6.52. The lowest BCUT2D eigenvalue weighted by atomic mass is 9.83. The van der Waals surface area contributed by atoms with Crippen LogP contribution in [-0.4, -0.2) is 114 Å². The summed E-state index contributed by atoms with van der Waals surface area (Å²) in [6.45, 7) is 16.1. The van der Waals surface area contributed by atoms with E-state index in [9.17, 15) is 19.2 Å². The molecular weight excluding hydrogens is 688 g/mol. The van der Waals surface area contributed by atoms with Gasteiger partial charge in [-0.2, -0.15) is 0 Å². The Hall–Kier alpha value is -1.58. The monoisotopic (exact) mass is 736 g/mol. The van der Waals surface area contributed by atoms with Crippen molar-refractivity contribution in [2.75, 3.05) is 81.3 Å². The van der Waals surface area contributed by atoms with Crippen molar-refractivity contribution in [1.82, 2.24) is 0 Å². The fraction of sp³-hybridized carbons (Fsp3) is 0.786. The number of alkyl halides is 2. The second-order valence-corrected chi connectivity index (χ2v) is 13.8. The van der Waals surface area contributed by atoms with Crippen molar-refractivity contribution in [2.45, 2.75) is 56.6 Å². The zero-order valence-electron chi connectivity index (χ0n) is 26.7. The Balaban J connectivity index is -0.000000607. The maximum absolute atomic E-state index is 12.0. The largest absolute Gasteiger partial charge is 0.463 e. The highest BCUT2D eigenvalue weighted by molar-refractivity contribution is 9.10. The number of ether oxygens (including phenoxy) is 8. The van der Waals surface area contributed by atoms with Gasteiger partial charge in [-0.25, -0.2) is 4.79 Å². The standard InChI is InChI=1S/C14H25BrO6.C7H13BrO3.C7H12O3/c1-13(2,11(16)20-8-6-18-4)10-14(3,15)12(17)21-9-7-19-5;1-7(2,8)6(9)11-5-4-10-3;1-6(2)7(8)10-5-4-9-3/h6-10H2,1-5H3;4-5H2,1-3H3;1,4-5H2,2-3H3. The van der Waals surface area contributed by atoms with Crippen LogP contribution in [0.2, 0.25) is 0 Å². The van der Waals surface area contributed by atoms with Crippen LogP contribution in [0.3, 0.4) is 0 Å². The molecule has 0 saturated carbocycles. The first-order valence-corrected chi connectivity index (χ1v) is 14.6. The number of hydrogen-bond donors (Lipinski definition) is 0. The SMILES string of the molecule is C=C(C)C(=O)OCCOC.COCCOC(=O)C(C)(C)Br.COCCOC(=O)C(C)(C)CC(C)(Br)C(=O)OCCOC. The summed E-state index contributed by atoms with van der Waals surface area (Å²) in [5.41, 5.74) is -0.414. The molecule has 0 N–H and O–H groups in total. The van der Waals surface area contributed by atoms with Crippen molar-refractivity contribution in [1.29, 1.82) is 0 Å². The maximum atomic E-state index is 12.0. The van der Waals surface area contributed by atoms with Crippen LogP contribution in [0.4, 0.5) is 0 Å². The molecule has 0 spiro atoms. The molecule has 0 aromatic carbocycles. The van der Waals surface area contributed by atoms with Gasteiger partial charge in [0.25, 0.3) is 0 Å². The smallest absolute Gasteiger partial charge is 0.333 e. The number of carbonyl (C=O) groups excluding carboxylic acids is 4. The molecule has 0 aromatic heterocycles. The molecule has 0 aliphatic carbocycles. The maximum Gasteiger partial charge on any atom is 0.333 e. The molecular formula is C28H50Br2O12. The van der Waals surface area contributed by atoms with Crippen molar-refractivity contribution in [3.8, 4) is 0 Å². The fourth-order valence-corrected chi connectivity index (χ4v) is 3.42. The van der Waals surface area contributed by atoms with Crippen molar-refractivity contribution in [3.63, 3.8) is 0 Å². The van der Waals surface area contributed by atoms with E-state index in [2.05, 4.69) is 47.9 Å². The zero-order chi connectivity index (χ0) is 33.4. The Labute approximate surface area is 267 Å². The minimum atomic E-state index is -0.968. The Morgan fingerprint density at radius 2 is 0.905 bits per heavy atom. The van der Waals surface area contributed by atoms with E-state index < -0.39 is 20.0 Å². The Morgan fingerprint density at radius 1 is 0.571 bits per heavy atom. The minimum Gasteiger partial charge on any atom is -0.463 e.